The van der Waals surface area contributed by atoms with Crippen molar-refractivity contribution in [3.8, 4) is 5.75 Å². The number of benzene rings is 2. The minimum Gasteiger partial charge on any atom is -0.508 e. The summed E-state index contributed by atoms with van der Waals surface area (Å²) < 4.78 is 0.770. The number of phenolic OH excluding ortho intramolecular Hbond substituents is 1. The first-order chi connectivity index (χ1) is 13.1. The highest BCUT2D eigenvalue weighted by atomic mass is 79.9. The molecule has 0 aliphatic heterocycles. The van der Waals surface area contributed by atoms with Crippen LogP contribution in [0.4, 0.5) is 0 Å². The van der Waals surface area contributed by atoms with E-state index in [1.54, 1.807) is 30.3 Å². The summed E-state index contributed by atoms with van der Waals surface area (Å²) >= 11 is 3.36. The van der Waals surface area contributed by atoms with E-state index in [4.69, 9.17) is 0 Å². The highest BCUT2D eigenvalue weighted by Gasteiger charge is 2.08. The molecular weight excluding hydrogens is 410 g/mol. The highest BCUT2D eigenvalue weighted by molar-refractivity contribution is 9.10. The molecule has 0 aromatic heterocycles. The molecule has 0 bridgehead atoms. The van der Waals surface area contributed by atoms with Crippen LogP contribution in [0, 0.1) is 0 Å². The molecular formula is C20H22BrN3O3. The zero-order chi connectivity index (χ0) is 19.5. The van der Waals surface area contributed by atoms with Crippen LogP contribution in [-0.2, 0) is 4.79 Å². The van der Waals surface area contributed by atoms with Crippen molar-refractivity contribution in [1.29, 1.82) is 0 Å². The number of hydrogen-bond acceptors (Lipinski definition) is 4. The van der Waals surface area contributed by atoms with Gasteiger partial charge in [-0.2, -0.15) is 5.10 Å². The largest absolute Gasteiger partial charge is 0.508 e. The zero-order valence-electron chi connectivity index (χ0n) is 14.8. The molecule has 27 heavy (non-hydrogen) atoms. The molecule has 2 aromatic carbocycles. The number of carbonyl (C=O) groups excluding carboxylic acids is 2. The molecule has 0 saturated carbocycles. The molecule has 6 nitrogen and oxygen atoms in total. The number of hydrazone groups is 1. The standard InChI is InChI=1S/C20H22BrN3O3/c21-18-7-4-3-6-17(18)20(27)22-13-5-1-2-8-19(26)24-23-14-15-9-11-16(25)12-10-15/h3-4,6-7,9-12,14,25H,1-2,5,8,13H2,(H,22,27)(H,24,26)/b23-14+. The number of nitrogens with zero attached hydrogens (tertiary/aromatic N) is 1. The minimum absolute atomic E-state index is 0.108. The minimum atomic E-state index is -0.151. The summed E-state index contributed by atoms with van der Waals surface area (Å²) in [6, 6.07) is 13.8. The Morgan fingerprint density at radius 1 is 1.04 bits per heavy atom. The third-order valence-corrected chi connectivity index (χ3v) is 4.47. The first-order valence-corrected chi connectivity index (χ1v) is 9.49. The number of amides is 2. The maximum absolute atomic E-state index is 12.0. The van der Waals surface area contributed by atoms with E-state index in [-0.39, 0.29) is 17.6 Å². The van der Waals surface area contributed by atoms with Crippen molar-refractivity contribution in [2.45, 2.75) is 25.7 Å². The number of phenols is 1. The van der Waals surface area contributed by atoms with E-state index in [1.807, 2.05) is 18.2 Å². The Balaban J connectivity index is 1.56. The van der Waals surface area contributed by atoms with Crippen LogP contribution in [0.5, 0.6) is 5.75 Å². The Morgan fingerprint density at radius 2 is 1.78 bits per heavy atom. The fraction of sp³-hybridized carbons (Fsp3) is 0.250. The predicted octanol–water partition coefficient (Wildman–Crippen LogP) is 3.60. The maximum atomic E-state index is 12.0. The van der Waals surface area contributed by atoms with E-state index in [1.165, 1.54) is 6.21 Å². The van der Waals surface area contributed by atoms with Crippen LogP contribution in [0.1, 0.15) is 41.6 Å². The zero-order valence-corrected chi connectivity index (χ0v) is 16.4. The van der Waals surface area contributed by atoms with Crippen molar-refractivity contribution < 1.29 is 14.7 Å². The lowest BCUT2D eigenvalue weighted by molar-refractivity contribution is -0.121. The first kappa shape index (κ1) is 20.6. The molecule has 0 radical (unpaired) electrons. The van der Waals surface area contributed by atoms with Crippen LogP contribution in [0.15, 0.2) is 58.1 Å². The van der Waals surface area contributed by atoms with Crippen LogP contribution in [0.25, 0.3) is 0 Å². The second-order valence-corrected chi connectivity index (χ2v) is 6.79. The summed E-state index contributed by atoms with van der Waals surface area (Å²) in [5.41, 5.74) is 3.88. The lowest BCUT2D eigenvalue weighted by Gasteiger charge is -2.06. The lowest BCUT2D eigenvalue weighted by Crippen LogP contribution is -2.24. The first-order valence-electron chi connectivity index (χ1n) is 8.70. The van der Waals surface area contributed by atoms with Crippen molar-refractivity contribution in [2.75, 3.05) is 6.54 Å². The van der Waals surface area contributed by atoms with E-state index in [9.17, 15) is 14.7 Å². The molecule has 3 N–H and O–H groups in total. The van der Waals surface area contributed by atoms with E-state index in [0.29, 0.717) is 18.5 Å². The molecule has 0 atom stereocenters. The summed E-state index contributed by atoms with van der Waals surface area (Å²) in [5.74, 6) is -0.0742. The van der Waals surface area contributed by atoms with E-state index in [0.717, 1.165) is 29.3 Å². The van der Waals surface area contributed by atoms with Crippen molar-refractivity contribution >= 4 is 34.0 Å². The summed E-state index contributed by atoms with van der Waals surface area (Å²) in [6.45, 7) is 0.570. The third-order valence-electron chi connectivity index (χ3n) is 3.78. The van der Waals surface area contributed by atoms with Crippen LogP contribution in [-0.4, -0.2) is 29.7 Å². The topological polar surface area (TPSA) is 90.8 Å². The van der Waals surface area contributed by atoms with Gasteiger partial charge >= 0.3 is 0 Å². The van der Waals surface area contributed by atoms with Crippen molar-refractivity contribution in [3.63, 3.8) is 0 Å². The van der Waals surface area contributed by atoms with Crippen LogP contribution < -0.4 is 10.7 Å². The van der Waals surface area contributed by atoms with E-state index >= 15 is 0 Å². The maximum Gasteiger partial charge on any atom is 0.252 e. The Labute approximate surface area is 166 Å². The number of hydrogen-bond donors (Lipinski definition) is 3. The highest BCUT2D eigenvalue weighted by Crippen LogP contribution is 2.15. The molecule has 0 heterocycles. The summed E-state index contributed by atoms with van der Waals surface area (Å²) in [5, 5.41) is 15.9. The van der Waals surface area contributed by atoms with Gasteiger partial charge in [0.15, 0.2) is 0 Å². The van der Waals surface area contributed by atoms with Crippen molar-refractivity contribution in [1.82, 2.24) is 10.7 Å². The van der Waals surface area contributed by atoms with Gasteiger partial charge in [-0.3, -0.25) is 9.59 Å². The van der Waals surface area contributed by atoms with Gasteiger partial charge in [0, 0.05) is 17.4 Å². The average Bonchev–Trinajstić information content (AvgIpc) is 2.66. The van der Waals surface area contributed by atoms with Gasteiger partial charge in [0.05, 0.1) is 11.8 Å². The molecule has 0 saturated heterocycles. The Morgan fingerprint density at radius 3 is 2.52 bits per heavy atom. The quantitative estimate of drug-likeness (QED) is 0.321. The van der Waals surface area contributed by atoms with Gasteiger partial charge in [0.25, 0.3) is 5.91 Å². The van der Waals surface area contributed by atoms with E-state index < -0.39 is 0 Å². The molecule has 0 aliphatic carbocycles. The van der Waals surface area contributed by atoms with Gasteiger partial charge in [-0.25, -0.2) is 5.43 Å². The molecule has 0 unspecified atom stereocenters. The van der Waals surface area contributed by atoms with Gasteiger partial charge in [-0.15, -0.1) is 0 Å². The van der Waals surface area contributed by atoms with Gasteiger partial charge < -0.3 is 10.4 Å². The van der Waals surface area contributed by atoms with Gasteiger partial charge in [-0.1, -0.05) is 18.6 Å². The molecule has 2 rings (SSSR count). The van der Waals surface area contributed by atoms with Crippen LogP contribution in [0.3, 0.4) is 0 Å². The molecule has 2 amide bonds. The third kappa shape index (κ3) is 7.62. The Bertz CT molecular complexity index is 791. The van der Waals surface area contributed by atoms with Crippen LogP contribution in [0.2, 0.25) is 0 Å². The van der Waals surface area contributed by atoms with Gasteiger partial charge in [-0.05, 0) is 70.7 Å². The Hall–Kier alpha value is -2.67. The SMILES string of the molecule is O=C(CCCCCNC(=O)c1ccccc1Br)N/N=C/c1ccc(O)cc1. The molecule has 0 fully saturated rings. The van der Waals surface area contributed by atoms with Gasteiger partial charge in [0.2, 0.25) is 5.91 Å². The number of aromatic hydroxyl groups is 1. The number of carbonyl (C=O) groups is 2. The lowest BCUT2D eigenvalue weighted by atomic mass is 10.2. The Kier molecular flexibility index (Phi) is 8.51. The van der Waals surface area contributed by atoms with Crippen LogP contribution >= 0.6 is 15.9 Å². The smallest absolute Gasteiger partial charge is 0.252 e. The molecule has 2 aromatic rings. The van der Waals surface area contributed by atoms with Crippen molar-refractivity contribution in [2.24, 2.45) is 5.10 Å². The summed E-state index contributed by atoms with van der Waals surface area (Å²) in [4.78, 5) is 23.7. The average molecular weight is 432 g/mol. The second-order valence-electron chi connectivity index (χ2n) is 5.93. The molecule has 0 aliphatic rings. The number of nitrogens with one attached hydrogen (secondary N) is 2. The molecule has 7 heteroatoms. The number of rotatable bonds is 9. The normalized spacial score (nSPS) is 10.7. The molecule has 0 spiro atoms. The summed E-state index contributed by atoms with van der Waals surface area (Å²) in [7, 11) is 0. The predicted molar refractivity (Wildman–Crippen MR) is 109 cm³/mol. The van der Waals surface area contributed by atoms with Gasteiger partial charge in [0.1, 0.15) is 5.75 Å². The monoisotopic (exact) mass is 431 g/mol. The number of halogens is 1. The van der Waals surface area contributed by atoms with Crippen molar-refractivity contribution in [3.05, 3.63) is 64.1 Å². The fourth-order valence-electron chi connectivity index (χ4n) is 2.32. The van der Waals surface area contributed by atoms with E-state index in [2.05, 4.69) is 31.8 Å². The molecule has 142 valence electrons. The fourth-order valence-corrected chi connectivity index (χ4v) is 2.79. The summed E-state index contributed by atoms with van der Waals surface area (Å²) in [6.07, 6.45) is 4.27. The number of unbranched alkanes of at least 4 members (excludes halogenated alkanes) is 2. The second kappa shape index (κ2) is 11.1.